The van der Waals surface area contributed by atoms with Gasteiger partial charge in [-0.25, -0.2) is 0 Å². The molecule has 1 aromatic carbocycles. The van der Waals surface area contributed by atoms with E-state index in [2.05, 4.69) is 60.3 Å². The van der Waals surface area contributed by atoms with Crippen molar-refractivity contribution >= 4 is 5.69 Å². The molecule has 3 heteroatoms. The Morgan fingerprint density at radius 1 is 1.00 bits per heavy atom. The molecule has 0 bridgehead atoms. The van der Waals surface area contributed by atoms with E-state index in [0.717, 1.165) is 32.7 Å². The smallest absolute Gasteiger partial charge is 0.0366 e. The normalized spacial score (nSPS) is 10.2. The molecule has 1 N–H and O–H groups in total. The van der Waals surface area contributed by atoms with Crippen LogP contribution in [0.5, 0.6) is 0 Å². The van der Waals surface area contributed by atoms with Crippen molar-refractivity contribution in [2.24, 2.45) is 0 Å². The lowest BCUT2D eigenvalue weighted by Crippen LogP contribution is -2.30. The Balaban J connectivity index is 0.00000191. The van der Waals surface area contributed by atoms with E-state index < -0.39 is 0 Å². The molecule has 0 atom stereocenters. The molecule has 0 amide bonds. The predicted molar refractivity (Wildman–Crippen MR) is 96.2 cm³/mol. The average Bonchev–Trinajstić information content (AvgIpc) is 2.52. The minimum atomic E-state index is 1.02. The van der Waals surface area contributed by atoms with E-state index in [4.69, 9.17) is 0 Å². The molecule has 0 fully saturated rings. The molecular weight excluding hydrogens is 258 g/mol. The van der Waals surface area contributed by atoms with Crippen LogP contribution in [0.15, 0.2) is 24.3 Å². The lowest BCUT2D eigenvalue weighted by molar-refractivity contribution is 0.327. The first-order valence-electron chi connectivity index (χ1n) is 8.38. The Hall–Kier alpha value is -1.06. The SMILES string of the molecule is CC.CCCN(C)Cc1ccc(N(CC)CCNC)cc1. The number of likely N-dealkylation sites (N-methyl/N-ethyl adjacent to an activating group) is 2. The van der Waals surface area contributed by atoms with Gasteiger partial charge in [-0.2, -0.15) is 0 Å². The summed E-state index contributed by atoms with van der Waals surface area (Å²) in [4.78, 5) is 4.77. The second kappa shape index (κ2) is 12.7. The Bertz CT molecular complexity index is 335. The topological polar surface area (TPSA) is 18.5 Å². The predicted octanol–water partition coefficient (Wildman–Crippen LogP) is 3.60. The largest absolute Gasteiger partial charge is 0.371 e. The summed E-state index contributed by atoms with van der Waals surface area (Å²) in [5.41, 5.74) is 2.71. The zero-order valence-electron chi connectivity index (χ0n) is 14.9. The van der Waals surface area contributed by atoms with E-state index in [1.165, 1.54) is 17.7 Å². The molecule has 0 saturated carbocycles. The van der Waals surface area contributed by atoms with E-state index in [9.17, 15) is 0 Å². The summed E-state index contributed by atoms with van der Waals surface area (Å²) in [5, 5.41) is 3.21. The van der Waals surface area contributed by atoms with Gasteiger partial charge in [0.2, 0.25) is 0 Å². The van der Waals surface area contributed by atoms with Crippen LogP contribution in [0.4, 0.5) is 5.69 Å². The molecule has 0 spiro atoms. The van der Waals surface area contributed by atoms with Gasteiger partial charge in [0.05, 0.1) is 0 Å². The van der Waals surface area contributed by atoms with E-state index in [0.29, 0.717) is 0 Å². The lowest BCUT2D eigenvalue weighted by Gasteiger charge is -2.23. The Labute approximate surface area is 132 Å². The molecular formula is C18H35N3. The fourth-order valence-corrected chi connectivity index (χ4v) is 2.30. The van der Waals surface area contributed by atoms with Gasteiger partial charge in [0, 0.05) is 31.9 Å². The number of benzene rings is 1. The number of nitrogens with one attached hydrogen (secondary N) is 1. The maximum Gasteiger partial charge on any atom is 0.0366 e. The first-order chi connectivity index (χ1) is 10.2. The van der Waals surface area contributed by atoms with Crippen LogP contribution in [0.2, 0.25) is 0 Å². The number of hydrogen-bond donors (Lipinski definition) is 1. The molecule has 0 aliphatic carbocycles. The second-order valence-electron chi connectivity index (χ2n) is 5.09. The summed E-state index contributed by atoms with van der Waals surface area (Å²) in [7, 11) is 4.18. The molecule has 0 aliphatic rings. The highest BCUT2D eigenvalue weighted by atomic mass is 15.1. The van der Waals surface area contributed by atoms with Crippen LogP contribution < -0.4 is 10.2 Å². The van der Waals surface area contributed by atoms with Gasteiger partial charge in [0.15, 0.2) is 0 Å². The van der Waals surface area contributed by atoms with Crippen LogP contribution in [-0.2, 0) is 6.54 Å². The molecule has 1 rings (SSSR count). The first kappa shape index (κ1) is 19.9. The van der Waals surface area contributed by atoms with Crippen molar-refractivity contribution in [1.82, 2.24) is 10.2 Å². The van der Waals surface area contributed by atoms with Crippen LogP contribution in [-0.4, -0.2) is 45.2 Å². The fourth-order valence-electron chi connectivity index (χ4n) is 2.30. The van der Waals surface area contributed by atoms with Crippen LogP contribution >= 0.6 is 0 Å². The number of nitrogens with zero attached hydrogens (tertiary/aromatic N) is 2. The summed E-state index contributed by atoms with van der Waals surface area (Å²) in [6.45, 7) is 13.8. The molecule has 3 nitrogen and oxygen atoms in total. The molecule has 1 aromatic rings. The maximum absolute atomic E-state index is 3.21. The Kier molecular flexibility index (Phi) is 12.0. The van der Waals surface area contributed by atoms with Crippen LogP contribution in [0.25, 0.3) is 0 Å². The third kappa shape index (κ3) is 8.08. The molecule has 122 valence electrons. The van der Waals surface area contributed by atoms with Gasteiger partial charge in [0.25, 0.3) is 0 Å². The summed E-state index contributed by atoms with van der Waals surface area (Å²) < 4.78 is 0. The first-order valence-corrected chi connectivity index (χ1v) is 8.38. The van der Waals surface area contributed by atoms with E-state index in [1.54, 1.807) is 0 Å². The van der Waals surface area contributed by atoms with Gasteiger partial charge in [-0.3, -0.25) is 0 Å². The molecule has 0 aliphatic heterocycles. The maximum atomic E-state index is 3.21. The Morgan fingerprint density at radius 2 is 1.62 bits per heavy atom. The van der Waals surface area contributed by atoms with Crippen LogP contribution in [0, 0.1) is 0 Å². The van der Waals surface area contributed by atoms with Crippen molar-refractivity contribution in [3.05, 3.63) is 29.8 Å². The van der Waals surface area contributed by atoms with Gasteiger partial charge in [0.1, 0.15) is 0 Å². The van der Waals surface area contributed by atoms with Crippen LogP contribution in [0.1, 0.15) is 39.7 Å². The van der Waals surface area contributed by atoms with E-state index in [-0.39, 0.29) is 0 Å². The molecule has 0 aromatic heterocycles. The van der Waals surface area contributed by atoms with Crippen molar-refractivity contribution in [3.63, 3.8) is 0 Å². The molecule has 21 heavy (non-hydrogen) atoms. The molecule has 0 unspecified atom stereocenters. The second-order valence-corrected chi connectivity index (χ2v) is 5.09. The monoisotopic (exact) mass is 293 g/mol. The zero-order chi connectivity index (χ0) is 16.1. The van der Waals surface area contributed by atoms with Gasteiger partial charge >= 0.3 is 0 Å². The van der Waals surface area contributed by atoms with Gasteiger partial charge in [-0.1, -0.05) is 32.9 Å². The highest BCUT2D eigenvalue weighted by Gasteiger charge is 2.04. The third-order valence-corrected chi connectivity index (χ3v) is 3.37. The quantitative estimate of drug-likeness (QED) is 0.750. The third-order valence-electron chi connectivity index (χ3n) is 3.37. The van der Waals surface area contributed by atoms with Crippen molar-refractivity contribution < 1.29 is 0 Å². The fraction of sp³-hybridized carbons (Fsp3) is 0.667. The molecule has 0 heterocycles. The van der Waals surface area contributed by atoms with Crippen molar-refractivity contribution in [2.45, 2.75) is 40.7 Å². The summed E-state index contributed by atoms with van der Waals surface area (Å²) in [5.74, 6) is 0. The van der Waals surface area contributed by atoms with Crippen molar-refractivity contribution in [2.75, 3.05) is 45.2 Å². The van der Waals surface area contributed by atoms with Crippen molar-refractivity contribution in [3.8, 4) is 0 Å². The number of anilines is 1. The zero-order valence-corrected chi connectivity index (χ0v) is 14.9. The summed E-state index contributed by atoms with van der Waals surface area (Å²) in [6.07, 6.45) is 1.21. The summed E-state index contributed by atoms with van der Waals surface area (Å²) >= 11 is 0. The highest BCUT2D eigenvalue weighted by Crippen LogP contribution is 2.15. The minimum Gasteiger partial charge on any atom is -0.371 e. The van der Waals surface area contributed by atoms with E-state index in [1.807, 2.05) is 20.9 Å². The average molecular weight is 293 g/mol. The molecule has 0 saturated heterocycles. The summed E-state index contributed by atoms with van der Waals surface area (Å²) in [6, 6.07) is 9.00. The highest BCUT2D eigenvalue weighted by molar-refractivity contribution is 5.47. The standard InChI is InChI=1S/C16H29N3.C2H6/c1-5-12-18(4)14-15-7-9-16(10-8-15)19(6-2)13-11-17-3;1-2/h7-10,17H,5-6,11-14H2,1-4H3;1-2H3. The lowest BCUT2D eigenvalue weighted by atomic mass is 10.2. The van der Waals surface area contributed by atoms with Crippen molar-refractivity contribution in [1.29, 1.82) is 0 Å². The van der Waals surface area contributed by atoms with Gasteiger partial charge < -0.3 is 15.1 Å². The van der Waals surface area contributed by atoms with Gasteiger partial charge in [-0.05, 0) is 51.7 Å². The Morgan fingerprint density at radius 3 is 2.10 bits per heavy atom. The minimum absolute atomic E-state index is 1.02. The van der Waals surface area contributed by atoms with E-state index >= 15 is 0 Å². The van der Waals surface area contributed by atoms with Gasteiger partial charge in [-0.15, -0.1) is 0 Å². The van der Waals surface area contributed by atoms with Crippen LogP contribution in [0.3, 0.4) is 0 Å². The number of rotatable bonds is 9. The number of hydrogen-bond acceptors (Lipinski definition) is 3. The molecule has 0 radical (unpaired) electrons.